The van der Waals surface area contributed by atoms with Crippen LogP contribution in [-0.4, -0.2) is 9.97 Å². The van der Waals surface area contributed by atoms with Crippen molar-refractivity contribution in [2.45, 2.75) is 29.3 Å². The van der Waals surface area contributed by atoms with E-state index < -0.39 is 0 Å². The topological polar surface area (TPSA) is 51.8 Å². The smallest absolute Gasteiger partial charge is 0.101 e. The summed E-state index contributed by atoms with van der Waals surface area (Å²) in [5.74, 6) is 0. The Hall–Kier alpha value is -0.910. The number of pyridine rings is 2. The van der Waals surface area contributed by atoms with Crippen LogP contribution in [0.15, 0.2) is 51.1 Å². The molecule has 0 spiro atoms. The van der Waals surface area contributed by atoms with Gasteiger partial charge >= 0.3 is 0 Å². The molecule has 5 heteroatoms. The van der Waals surface area contributed by atoms with E-state index in [2.05, 4.69) is 32.8 Å². The summed E-state index contributed by atoms with van der Waals surface area (Å²) in [4.78, 5) is 9.76. The second-order valence-electron chi connectivity index (χ2n) is 3.85. The van der Waals surface area contributed by atoms with E-state index in [1.807, 2.05) is 30.5 Å². The fraction of sp³-hybridized carbons (Fsp3) is 0.231. The molecule has 0 bridgehead atoms. The molecule has 0 aliphatic rings. The van der Waals surface area contributed by atoms with Crippen LogP contribution in [-0.2, 0) is 0 Å². The van der Waals surface area contributed by atoms with Gasteiger partial charge in [0.2, 0.25) is 0 Å². The normalized spacial score (nSPS) is 12.4. The van der Waals surface area contributed by atoms with Gasteiger partial charge in [0.05, 0.1) is 5.69 Å². The fourth-order valence-electron chi connectivity index (χ4n) is 1.42. The second kappa shape index (κ2) is 6.31. The minimum Gasteiger partial charge on any atom is -0.323 e. The van der Waals surface area contributed by atoms with Crippen molar-refractivity contribution in [1.82, 2.24) is 9.97 Å². The Morgan fingerprint density at radius 3 is 2.61 bits per heavy atom. The highest BCUT2D eigenvalue weighted by Gasteiger charge is 2.05. The van der Waals surface area contributed by atoms with Gasteiger partial charge in [-0.2, -0.15) is 0 Å². The van der Waals surface area contributed by atoms with Crippen LogP contribution in [0.2, 0.25) is 0 Å². The SMILES string of the molecule is CCC(N)c1ccc(Sc2ccc(Br)cn2)cn1. The lowest BCUT2D eigenvalue weighted by Crippen LogP contribution is -2.10. The third-order valence-corrected chi connectivity index (χ3v) is 3.90. The van der Waals surface area contributed by atoms with Crippen molar-refractivity contribution in [3.63, 3.8) is 0 Å². The molecule has 0 saturated heterocycles. The van der Waals surface area contributed by atoms with Gasteiger partial charge in [-0.15, -0.1) is 0 Å². The summed E-state index contributed by atoms with van der Waals surface area (Å²) in [5.41, 5.74) is 6.86. The highest BCUT2D eigenvalue weighted by atomic mass is 79.9. The van der Waals surface area contributed by atoms with Crippen LogP contribution in [0.5, 0.6) is 0 Å². The molecular formula is C13H14BrN3S. The van der Waals surface area contributed by atoms with Crippen LogP contribution >= 0.6 is 27.7 Å². The summed E-state index contributed by atoms with van der Waals surface area (Å²) in [5, 5.41) is 0.951. The van der Waals surface area contributed by atoms with Gasteiger partial charge in [0.25, 0.3) is 0 Å². The molecule has 3 nitrogen and oxygen atoms in total. The van der Waals surface area contributed by atoms with Crippen molar-refractivity contribution in [3.05, 3.63) is 46.8 Å². The lowest BCUT2D eigenvalue weighted by Gasteiger charge is -2.08. The molecule has 0 amide bonds. The molecule has 2 rings (SSSR count). The molecule has 0 radical (unpaired) electrons. The summed E-state index contributed by atoms with van der Waals surface area (Å²) >= 11 is 4.96. The van der Waals surface area contributed by atoms with Crippen molar-refractivity contribution in [3.8, 4) is 0 Å². The molecule has 2 heterocycles. The molecular weight excluding hydrogens is 310 g/mol. The minimum absolute atomic E-state index is 0.0230. The van der Waals surface area contributed by atoms with Crippen molar-refractivity contribution in [1.29, 1.82) is 0 Å². The number of hydrogen-bond donors (Lipinski definition) is 1. The number of aromatic nitrogens is 2. The van der Waals surface area contributed by atoms with E-state index in [0.29, 0.717) is 0 Å². The Morgan fingerprint density at radius 1 is 1.22 bits per heavy atom. The van der Waals surface area contributed by atoms with Crippen molar-refractivity contribution < 1.29 is 0 Å². The Labute approximate surface area is 119 Å². The zero-order chi connectivity index (χ0) is 13.0. The number of hydrogen-bond acceptors (Lipinski definition) is 4. The van der Waals surface area contributed by atoms with E-state index in [-0.39, 0.29) is 6.04 Å². The number of rotatable bonds is 4. The molecule has 0 aliphatic heterocycles. The highest BCUT2D eigenvalue weighted by Crippen LogP contribution is 2.26. The Morgan fingerprint density at radius 2 is 2.06 bits per heavy atom. The first-order valence-corrected chi connectivity index (χ1v) is 7.31. The Kier molecular flexibility index (Phi) is 4.74. The standard InChI is InChI=1S/C13H14BrN3S/c1-2-11(15)12-5-4-10(8-16-12)18-13-6-3-9(14)7-17-13/h3-8,11H,2,15H2,1H3. The number of nitrogens with two attached hydrogens (primary N) is 1. The Balaban J connectivity index is 2.08. The van der Waals surface area contributed by atoms with Gasteiger partial charge in [-0.25, -0.2) is 4.98 Å². The van der Waals surface area contributed by atoms with E-state index in [0.717, 1.165) is 26.5 Å². The highest BCUT2D eigenvalue weighted by molar-refractivity contribution is 9.10. The van der Waals surface area contributed by atoms with Crippen LogP contribution < -0.4 is 5.73 Å². The molecule has 2 N–H and O–H groups in total. The molecule has 1 unspecified atom stereocenters. The first kappa shape index (κ1) is 13.5. The largest absolute Gasteiger partial charge is 0.323 e. The Bertz CT molecular complexity index is 499. The summed E-state index contributed by atoms with van der Waals surface area (Å²) in [6.45, 7) is 2.06. The second-order valence-corrected chi connectivity index (χ2v) is 5.86. The monoisotopic (exact) mass is 323 g/mol. The third-order valence-electron chi connectivity index (χ3n) is 2.50. The minimum atomic E-state index is 0.0230. The number of nitrogens with zero attached hydrogens (tertiary/aromatic N) is 2. The van der Waals surface area contributed by atoms with Crippen LogP contribution in [0.25, 0.3) is 0 Å². The first-order valence-electron chi connectivity index (χ1n) is 5.70. The first-order chi connectivity index (χ1) is 8.69. The molecule has 94 valence electrons. The molecule has 1 atom stereocenters. The fourth-order valence-corrected chi connectivity index (χ4v) is 2.38. The maximum atomic E-state index is 5.93. The predicted octanol–water partition coefficient (Wildman–Crippen LogP) is 3.80. The van der Waals surface area contributed by atoms with Crippen LogP contribution in [0.4, 0.5) is 0 Å². The van der Waals surface area contributed by atoms with E-state index in [1.165, 1.54) is 0 Å². The van der Waals surface area contributed by atoms with Gasteiger partial charge in [0, 0.05) is 27.8 Å². The van der Waals surface area contributed by atoms with Crippen LogP contribution in [0.1, 0.15) is 25.1 Å². The van der Waals surface area contributed by atoms with Gasteiger partial charge < -0.3 is 5.73 Å². The number of halogens is 1. The molecule has 18 heavy (non-hydrogen) atoms. The van der Waals surface area contributed by atoms with E-state index >= 15 is 0 Å². The van der Waals surface area contributed by atoms with Gasteiger partial charge in [0.1, 0.15) is 5.03 Å². The van der Waals surface area contributed by atoms with Gasteiger partial charge in [-0.1, -0.05) is 18.7 Å². The maximum absolute atomic E-state index is 5.93. The molecule has 2 aromatic rings. The van der Waals surface area contributed by atoms with E-state index in [1.54, 1.807) is 18.0 Å². The van der Waals surface area contributed by atoms with Crippen molar-refractivity contribution >= 4 is 27.7 Å². The summed E-state index contributed by atoms with van der Waals surface area (Å²) in [6.07, 6.45) is 4.53. The third kappa shape index (κ3) is 3.54. The molecule has 0 aromatic carbocycles. The lowest BCUT2D eigenvalue weighted by molar-refractivity contribution is 0.674. The summed E-state index contributed by atoms with van der Waals surface area (Å²) in [6, 6.07) is 7.99. The van der Waals surface area contributed by atoms with Crippen molar-refractivity contribution in [2.24, 2.45) is 5.73 Å². The maximum Gasteiger partial charge on any atom is 0.101 e. The quantitative estimate of drug-likeness (QED) is 0.929. The zero-order valence-electron chi connectivity index (χ0n) is 10.0. The average molecular weight is 324 g/mol. The van der Waals surface area contributed by atoms with Crippen LogP contribution in [0, 0.1) is 0 Å². The van der Waals surface area contributed by atoms with E-state index in [4.69, 9.17) is 5.73 Å². The van der Waals surface area contributed by atoms with Gasteiger partial charge in [-0.05, 0) is 46.6 Å². The van der Waals surface area contributed by atoms with Crippen LogP contribution in [0.3, 0.4) is 0 Å². The summed E-state index contributed by atoms with van der Waals surface area (Å²) in [7, 11) is 0. The van der Waals surface area contributed by atoms with Gasteiger partial charge in [-0.3, -0.25) is 4.98 Å². The van der Waals surface area contributed by atoms with Gasteiger partial charge in [0.15, 0.2) is 0 Å². The molecule has 0 saturated carbocycles. The molecule has 2 aromatic heterocycles. The lowest BCUT2D eigenvalue weighted by atomic mass is 10.1. The summed E-state index contributed by atoms with van der Waals surface area (Å²) < 4.78 is 0.981. The average Bonchev–Trinajstić information content (AvgIpc) is 2.41. The van der Waals surface area contributed by atoms with E-state index in [9.17, 15) is 0 Å². The molecule has 0 fully saturated rings. The van der Waals surface area contributed by atoms with Crippen molar-refractivity contribution in [2.75, 3.05) is 0 Å². The zero-order valence-corrected chi connectivity index (χ0v) is 12.4. The molecule has 0 aliphatic carbocycles. The predicted molar refractivity (Wildman–Crippen MR) is 77.5 cm³/mol.